The average Bonchev–Trinajstić information content (AvgIpc) is 2.85. The van der Waals surface area contributed by atoms with Crippen LogP contribution in [0, 0.1) is 6.92 Å². The van der Waals surface area contributed by atoms with E-state index in [9.17, 15) is 0 Å². The Bertz CT molecular complexity index is 492. The molecule has 0 spiro atoms. The molecule has 2 aromatic rings. The number of nitrogens with one attached hydrogen (secondary N) is 1. The van der Waals surface area contributed by atoms with Crippen molar-refractivity contribution < 1.29 is 4.42 Å². The van der Waals surface area contributed by atoms with E-state index in [2.05, 4.69) is 37.3 Å². The van der Waals surface area contributed by atoms with E-state index >= 15 is 0 Å². The fourth-order valence-corrected chi connectivity index (χ4v) is 1.76. The van der Waals surface area contributed by atoms with Crippen LogP contribution in [0.25, 0.3) is 0 Å². The van der Waals surface area contributed by atoms with Gasteiger partial charge in [-0.15, -0.1) is 0 Å². The van der Waals surface area contributed by atoms with Gasteiger partial charge >= 0.3 is 0 Å². The maximum absolute atomic E-state index is 5.75. The van der Waals surface area contributed by atoms with E-state index in [0.29, 0.717) is 6.54 Å². The third-order valence-electron chi connectivity index (χ3n) is 2.76. The molecule has 0 amide bonds. The van der Waals surface area contributed by atoms with Crippen molar-refractivity contribution >= 4 is 0 Å². The molecular weight excluding hydrogens is 226 g/mol. The fraction of sp³-hybridized carbons (Fsp3) is 0.500. The molecule has 4 nitrogen and oxygen atoms in total. The molecule has 0 saturated heterocycles. The highest BCUT2D eigenvalue weighted by Gasteiger charge is 2.12. The summed E-state index contributed by atoms with van der Waals surface area (Å²) in [6.45, 7) is 10.0. The topological polar surface area (TPSA) is 43.0 Å². The monoisotopic (exact) mass is 247 g/mol. The second-order valence-electron chi connectivity index (χ2n) is 5.60. The quantitative estimate of drug-likeness (QED) is 0.903. The summed E-state index contributed by atoms with van der Waals surface area (Å²) in [5.74, 6) is 1.93. The maximum atomic E-state index is 5.75. The minimum Gasteiger partial charge on any atom is -0.464 e. The molecule has 0 radical (unpaired) electrons. The molecule has 2 aromatic heterocycles. The van der Waals surface area contributed by atoms with Crippen molar-refractivity contribution in [1.29, 1.82) is 0 Å². The molecular formula is C14H21N3O. The van der Waals surface area contributed by atoms with E-state index in [1.165, 1.54) is 5.56 Å². The summed E-state index contributed by atoms with van der Waals surface area (Å²) in [5.41, 5.74) is 1.33. The normalized spacial score (nSPS) is 12.0. The van der Waals surface area contributed by atoms with Crippen LogP contribution in [0.3, 0.4) is 0 Å². The number of hydrogen-bond donors (Lipinski definition) is 1. The summed E-state index contributed by atoms with van der Waals surface area (Å²) in [6, 6.07) is 4.02. The molecule has 0 saturated carbocycles. The van der Waals surface area contributed by atoms with Crippen LogP contribution in [0.2, 0.25) is 0 Å². The molecule has 0 aliphatic heterocycles. The van der Waals surface area contributed by atoms with Crippen molar-refractivity contribution in [3.05, 3.63) is 41.6 Å². The molecule has 98 valence electrons. The summed E-state index contributed by atoms with van der Waals surface area (Å²) < 4.78 is 7.61. The second kappa shape index (κ2) is 4.98. The Morgan fingerprint density at radius 2 is 2.17 bits per heavy atom. The summed E-state index contributed by atoms with van der Waals surface area (Å²) >= 11 is 0. The molecule has 4 heteroatoms. The maximum Gasteiger partial charge on any atom is 0.125 e. The van der Waals surface area contributed by atoms with Crippen LogP contribution in [0.1, 0.15) is 37.9 Å². The smallest absolute Gasteiger partial charge is 0.125 e. The van der Waals surface area contributed by atoms with E-state index < -0.39 is 0 Å². The highest BCUT2D eigenvalue weighted by Crippen LogP contribution is 2.16. The standard InChI is InChI=1S/C14H21N3O/c1-11-12(9-15-14(2,3)4)8-13(18-11)10-17-7-5-6-16-17/h5-8,15H,9-10H2,1-4H3. The van der Waals surface area contributed by atoms with Gasteiger partial charge in [0.1, 0.15) is 11.5 Å². The largest absolute Gasteiger partial charge is 0.464 e. The summed E-state index contributed by atoms with van der Waals surface area (Å²) in [4.78, 5) is 0. The van der Waals surface area contributed by atoms with Gasteiger partial charge in [0.05, 0.1) is 6.54 Å². The molecule has 0 fully saturated rings. The lowest BCUT2D eigenvalue weighted by atomic mass is 10.1. The van der Waals surface area contributed by atoms with Gasteiger partial charge in [-0.2, -0.15) is 5.10 Å². The zero-order valence-corrected chi connectivity index (χ0v) is 11.5. The summed E-state index contributed by atoms with van der Waals surface area (Å²) in [7, 11) is 0. The summed E-state index contributed by atoms with van der Waals surface area (Å²) in [5, 5.41) is 7.65. The molecule has 0 aromatic carbocycles. The van der Waals surface area contributed by atoms with Gasteiger partial charge in [-0.3, -0.25) is 4.68 Å². The Kier molecular flexibility index (Phi) is 3.57. The van der Waals surface area contributed by atoms with Gasteiger partial charge in [0.25, 0.3) is 0 Å². The van der Waals surface area contributed by atoms with Gasteiger partial charge in [0, 0.05) is 30.0 Å². The molecule has 1 N–H and O–H groups in total. The lowest BCUT2D eigenvalue weighted by Crippen LogP contribution is -2.35. The van der Waals surface area contributed by atoms with E-state index in [0.717, 1.165) is 18.1 Å². The van der Waals surface area contributed by atoms with E-state index in [4.69, 9.17) is 4.42 Å². The minimum atomic E-state index is 0.117. The molecule has 2 rings (SSSR count). The number of hydrogen-bond acceptors (Lipinski definition) is 3. The Morgan fingerprint density at radius 1 is 1.39 bits per heavy atom. The Morgan fingerprint density at radius 3 is 2.78 bits per heavy atom. The van der Waals surface area contributed by atoms with Crippen LogP contribution >= 0.6 is 0 Å². The predicted octanol–water partition coefficient (Wildman–Crippen LogP) is 2.72. The van der Waals surface area contributed by atoms with Crippen LogP contribution in [0.15, 0.2) is 28.9 Å². The Labute approximate surface area is 108 Å². The van der Waals surface area contributed by atoms with Crippen molar-refractivity contribution in [2.75, 3.05) is 0 Å². The van der Waals surface area contributed by atoms with Crippen molar-refractivity contribution in [3.8, 4) is 0 Å². The number of furan rings is 1. The predicted molar refractivity (Wildman–Crippen MR) is 71.4 cm³/mol. The van der Waals surface area contributed by atoms with E-state index in [1.807, 2.05) is 23.9 Å². The Balaban J connectivity index is 2.03. The molecule has 0 atom stereocenters. The average molecular weight is 247 g/mol. The number of rotatable bonds is 4. The lowest BCUT2D eigenvalue weighted by Gasteiger charge is -2.20. The van der Waals surface area contributed by atoms with Crippen molar-refractivity contribution in [2.45, 2.75) is 46.3 Å². The molecule has 0 bridgehead atoms. The molecule has 2 heterocycles. The third-order valence-corrected chi connectivity index (χ3v) is 2.76. The lowest BCUT2D eigenvalue weighted by molar-refractivity contribution is 0.418. The van der Waals surface area contributed by atoms with Gasteiger partial charge in [-0.1, -0.05) is 0 Å². The van der Waals surface area contributed by atoms with Gasteiger partial charge in [-0.25, -0.2) is 0 Å². The first-order valence-corrected chi connectivity index (χ1v) is 6.25. The fourth-order valence-electron chi connectivity index (χ4n) is 1.76. The number of nitrogens with zero attached hydrogens (tertiary/aromatic N) is 2. The number of aryl methyl sites for hydroxylation is 1. The first-order chi connectivity index (χ1) is 8.44. The van der Waals surface area contributed by atoms with E-state index in [-0.39, 0.29) is 5.54 Å². The molecule has 0 aliphatic carbocycles. The first-order valence-electron chi connectivity index (χ1n) is 6.25. The van der Waals surface area contributed by atoms with Crippen LogP contribution in [0.5, 0.6) is 0 Å². The van der Waals surface area contributed by atoms with Crippen LogP contribution < -0.4 is 5.32 Å². The SMILES string of the molecule is Cc1oc(Cn2cccn2)cc1CNC(C)(C)C. The van der Waals surface area contributed by atoms with Crippen molar-refractivity contribution in [3.63, 3.8) is 0 Å². The van der Waals surface area contributed by atoms with E-state index in [1.54, 1.807) is 6.20 Å². The van der Waals surface area contributed by atoms with Gasteiger partial charge in [0.15, 0.2) is 0 Å². The molecule has 18 heavy (non-hydrogen) atoms. The Hall–Kier alpha value is -1.55. The number of aromatic nitrogens is 2. The summed E-state index contributed by atoms with van der Waals surface area (Å²) in [6.07, 6.45) is 3.71. The van der Waals surface area contributed by atoms with Crippen LogP contribution in [0.4, 0.5) is 0 Å². The molecule has 0 unspecified atom stereocenters. The zero-order chi connectivity index (χ0) is 13.2. The van der Waals surface area contributed by atoms with Gasteiger partial charge in [-0.05, 0) is 39.8 Å². The van der Waals surface area contributed by atoms with Crippen molar-refractivity contribution in [2.24, 2.45) is 0 Å². The molecule has 0 aliphatic rings. The second-order valence-corrected chi connectivity index (χ2v) is 5.60. The highest BCUT2D eigenvalue weighted by atomic mass is 16.3. The van der Waals surface area contributed by atoms with Gasteiger partial charge < -0.3 is 9.73 Å². The van der Waals surface area contributed by atoms with Crippen LogP contribution in [-0.2, 0) is 13.1 Å². The van der Waals surface area contributed by atoms with Crippen LogP contribution in [-0.4, -0.2) is 15.3 Å². The minimum absolute atomic E-state index is 0.117. The van der Waals surface area contributed by atoms with Gasteiger partial charge in [0.2, 0.25) is 0 Å². The van der Waals surface area contributed by atoms with Crippen molar-refractivity contribution in [1.82, 2.24) is 15.1 Å². The zero-order valence-electron chi connectivity index (χ0n) is 11.5. The highest BCUT2D eigenvalue weighted by molar-refractivity contribution is 5.21. The third kappa shape index (κ3) is 3.47. The first kappa shape index (κ1) is 12.9.